The van der Waals surface area contributed by atoms with Crippen molar-refractivity contribution in [1.29, 1.82) is 0 Å². The topological polar surface area (TPSA) is 42.7 Å². The zero-order valence-corrected chi connectivity index (χ0v) is 10.00. The molecule has 0 bridgehead atoms. The monoisotopic (exact) mass is 220 g/mol. The summed E-state index contributed by atoms with van der Waals surface area (Å²) in [5, 5.41) is 12.3. The van der Waals surface area contributed by atoms with Crippen LogP contribution >= 0.6 is 0 Å². The van der Waals surface area contributed by atoms with E-state index in [1.165, 1.54) is 37.3 Å². The molecule has 0 aromatic carbocycles. The van der Waals surface area contributed by atoms with Crippen LogP contribution in [-0.4, -0.2) is 27.9 Å². The first-order valence-corrected chi connectivity index (χ1v) is 6.43. The Bertz CT molecular complexity index is 376. The van der Waals surface area contributed by atoms with Gasteiger partial charge in [-0.25, -0.2) is 0 Å². The Morgan fingerprint density at radius 1 is 1.19 bits per heavy atom. The molecule has 0 aliphatic carbocycles. The zero-order valence-electron chi connectivity index (χ0n) is 10.00. The summed E-state index contributed by atoms with van der Waals surface area (Å²) in [6, 6.07) is 0. The Morgan fingerprint density at radius 2 is 2.00 bits per heavy atom. The summed E-state index contributed by atoms with van der Waals surface area (Å²) in [6.07, 6.45) is 6.04. The Kier molecular flexibility index (Phi) is 2.46. The van der Waals surface area contributed by atoms with Gasteiger partial charge in [-0.1, -0.05) is 6.92 Å². The first-order chi connectivity index (χ1) is 7.80. The zero-order chi connectivity index (χ0) is 11.0. The van der Waals surface area contributed by atoms with Crippen molar-refractivity contribution >= 4 is 0 Å². The predicted molar refractivity (Wildman–Crippen MR) is 62.4 cm³/mol. The summed E-state index contributed by atoms with van der Waals surface area (Å²) < 4.78 is 2.38. The second kappa shape index (κ2) is 3.84. The Morgan fingerprint density at radius 3 is 2.81 bits per heavy atom. The smallest absolute Gasteiger partial charge is 0.139 e. The summed E-state index contributed by atoms with van der Waals surface area (Å²) in [6.45, 7) is 5.69. The van der Waals surface area contributed by atoms with Gasteiger partial charge in [0.05, 0.1) is 0 Å². The molecule has 0 radical (unpaired) electrons. The van der Waals surface area contributed by atoms with E-state index in [1.807, 2.05) is 0 Å². The molecule has 1 fully saturated rings. The molecule has 0 unspecified atom stereocenters. The lowest BCUT2D eigenvalue weighted by Gasteiger charge is -2.34. The van der Waals surface area contributed by atoms with Crippen molar-refractivity contribution in [3.05, 3.63) is 11.6 Å². The number of nitrogens with zero attached hydrogens (tertiary/aromatic N) is 3. The van der Waals surface area contributed by atoms with E-state index in [4.69, 9.17) is 0 Å². The summed E-state index contributed by atoms with van der Waals surface area (Å²) >= 11 is 0. The summed E-state index contributed by atoms with van der Waals surface area (Å²) in [7, 11) is 0. The van der Waals surface area contributed by atoms with Crippen molar-refractivity contribution < 1.29 is 0 Å². The molecule has 1 saturated heterocycles. The molecule has 1 aromatic heterocycles. The van der Waals surface area contributed by atoms with Crippen molar-refractivity contribution in [2.75, 3.05) is 13.1 Å². The average molecular weight is 220 g/mol. The van der Waals surface area contributed by atoms with E-state index in [2.05, 4.69) is 27.0 Å². The maximum absolute atomic E-state index is 4.48. The van der Waals surface area contributed by atoms with Crippen LogP contribution in [-0.2, 0) is 18.4 Å². The van der Waals surface area contributed by atoms with Crippen LogP contribution in [0.25, 0.3) is 0 Å². The fourth-order valence-electron chi connectivity index (χ4n) is 2.96. The second-order valence-electron chi connectivity index (χ2n) is 5.36. The molecule has 88 valence electrons. The number of rotatable bonds is 1. The molecular formula is C12H20N4. The SMILES string of the molecule is CC1(c2nnc3n2CCCC3)CCNCC1. The van der Waals surface area contributed by atoms with Gasteiger partial charge in [0, 0.05) is 18.4 Å². The number of aryl methyl sites for hydroxylation is 1. The standard InChI is InChI=1S/C12H20N4/c1-12(5-7-13-8-6-12)11-15-14-10-4-2-3-9-16(10)11/h13H,2-9H2,1H3. The fourth-order valence-corrected chi connectivity index (χ4v) is 2.96. The van der Waals surface area contributed by atoms with Crippen LogP contribution in [0, 0.1) is 0 Å². The number of piperidine rings is 1. The van der Waals surface area contributed by atoms with Crippen molar-refractivity contribution in [2.24, 2.45) is 0 Å². The van der Waals surface area contributed by atoms with Crippen LogP contribution in [0.2, 0.25) is 0 Å². The number of aromatic nitrogens is 3. The van der Waals surface area contributed by atoms with Gasteiger partial charge in [-0.05, 0) is 38.8 Å². The largest absolute Gasteiger partial charge is 0.317 e. The van der Waals surface area contributed by atoms with Gasteiger partial charge in [-0.15, -0.1) is 10.2 Å². The molecule has 2 aliphatic heterocycles. The van der Waals surface area contributed by atoms with Crippen LogP contribution in [0.1, 0.15) is 44.3 Å². The van der Waals surface area contributed by atoms with E-state index < -0.39 is 0 Å². The molecular weight excluding hydrogens is 200 g/mol. The molecule has 0 spiro atoms. The van der Waals surface area contributed by atoms with Gasteiger partial charge < -0.3 is 9.88 Å². The quantitative estimate of drug-likeness (QED) is 0.774. The molecule has 3 rings (SSSR count). The van der Waals surface area contributed by atoms with E-state index in [0.717, 1.165) is 26.1 Å². The Balaban J connectivity index is 1.95. The highest BCUT2D eigenvalue weighted by molar-refractivity contribution is 5.12. The van der Waals surface area contributed by atoms with Crippen LogP contribution < -0.4 is 5.32 Å². The number of hydrogen-bond acceptors (Lipinski definition) is 3. The van der Waals surface area contributed by atoms with Gasteiger partial charge in [0.15, 0.2) is 0 Å². The lowest BCUT2D eigenvalue weighted by atomic mass is 9.80. The second-order valence-corrected chi connectivity index (χ2v) is 5.36. The molecule has 0 atom stereocenters. The van der Waals surface area contributed by atoms with E-state index in [9.17, 15) is 0 Å². The normalized spacial score (nSPS) is 24.1. The first-order valence-electron chi connectivity index (χ1n) is 6.43. The third-order valence-corrected chi connectivity index (χ3v) is 4.11. The third kappa shape index (κ3) is 1.56. The minimum absolute atomic E-state index is 0.244. The first kappa shape index (κ1) is 10.3. The van der Waals surface area contributed by atoms with Crippen LogP contribution in [0.5, 0.6) is 0 Å². The maximum Gasteiger partial charge on any atom is 0.139 e. The summed E-state index contributed by atoms with van der Waals surface area (Å²) in [5.41, 5.74) is 0.244. The summed E-state index contributed by atoms with van der Waals surface area (Å²) in [5.74, 6) is 2.45. The van der Waals surface area contributed by atoms with Gasteiger partial charge in [-0.3, -0.25) is 0 Å². The van der Waals surface area contributed by atoms with E-state index in [1.54, 1.807) is 0 Å². The fraction of sp³-hybridized carbons (Fsp3) is 0.833. The molecule has 0 amide bonds. The van der Waals surface area contributed by atoms with Gasteiger partial charge in [0.25, 0.3) is 0 Å². The van der Waals surface area contributed by atoms with Gasteiger partial charge >= 0.3 is 0 Å². The molecule has 0 saturated carbocycles. The van der Waals surface area contributed by atoms with Crippen molar-refractivity contribution in [3.8, 4) is 0 Å². The molecule has 16 heavy (non-hydrogen) atoms. The van der Waals surface area contributed by atoms with Crippen molar-refractivity contribution in [3.63, 3.8) is 0 Å². The van der Waals surface area contributed by atoms with Crippen LogP contribution in [0.4, 0.5) is 0 Å². The van der Waals surface area contributed by atoms with Gasteiger partial charge in [0.2, 0.25) is 0 Å². The van der Waals surface area contributed by atoms with Crippen LogP contribution in [0.3, 0.4) is 0 Å². The number of hydrogen-bond donors (Lipinski definition) is 1. The lowest BCUT2D eigenvalue weighted by Crippen LogP contribution is -2.39. The lowest BCUT2D eigenvalue weighted by molar-refractivity contribution is 0.303. The highest BCUT2D eigenvalue weighted by Crippen LogP contribution is 2.33. The van der Waals surface area contributed by atoms with Crippen molar-refractivity contribution in [2.45, 2.75) is 51.0 Å². The van der Waals surface area contributed by atoms with E-state index in [-0.39, 0.29) is 5.41 Å². The van der Waals surface area contributed by atoms with Crippen LogP contribution in [0.15, 0.2) is 0 Å². The van der Waals surface area contributed by atoms with Crippen molar-refractivity contribution in [1.82, 2.24) is 20.1 Å². The highest BCUT2D eigenvalue weighted by atomic mass is 15.3. The highest BCUT2D eigenvalue weighted by Gasteiger charge is 2.34. The third-order valence-electron chi connectivity index (χ3n) is 4.11. The molecule has 1 aromatic rings. The van der Waals surface area contributed by atoms with E-state index in [0.29, 0.717) is 0 Å². The molecule has 2 aliphatic rings. The number of nitrogens with one attached hydrogen (secondary N) is 1. The summed E-state index contributed by atoms with van der Waals surface area (Å²) in [4.78, 5) is 0. The number of fused-ring (bicyclic) bond motifs is 1. The minimum atomic E-state index is 0.244. The molecule has 1 N–H and O–H groups in total. The van der Waals surface area contributed by atoms with Gasteiger partial charge in [0.1, 0.15) is 11.6 Å². The molecule has 4 nitrogen and oxygen atoms in total. The predicted octanol–water partition coefficient (Wildman–Crippen LogP) is 1.26. The average Bonchev–Trinajstić information content (AvgIpc) is 2.74. The van der Waals surface area contributed by atoms with E-state index >= 15 is 0 Å². The Hall–Kier alpha value is -0.900. The molecule has 4 heteroatoms. The molecule has 3 heterocycles. The maximum atomic E-state index is 4.48. The van der Waals surface area contributed by atoms with Gasteiger partial charge in [-0.2, -0.15) is 0 Å². The Labute approximate surface area is 96.4 Å². The minimum Gasteiger partial charge on any atom is -0.317 e.